The molecule has 0 spiro atoms. The maximum Gasteiger partial charge on any atom is 0.311 e. The number of benzene rings is 1. The van der Waals surface area contributed by atoms with Crippen LogP contribution in [0.25, 0.3) is 0 Å². The van der Waals surface area contributed by atoms with E-state index in [9.17, 15) is 10.1 Å². The lowest BCUT2D eigenvalue weighted by Crippen LogP contribution is -2.19. The summed E-state index contributed by atoms with van der Waals surface area (Å²) in [5, 5.41) is 11.9. The van der Waals surface area contributed by atoms with Crippen molar-refractivity contribution >= 4 is 34.7 Å². The Bertz CT molecular complexity index is 632. The highest BCUT2D eigenvalue weighted by molar-refractivity contribution is 6.30. The Hall–Kier alpha value is -1.85. The monoisotopic (exact) mass is 311 g/mol. The molecule has 7 heteroatoms. The number of rotatable bonds is 4. The highest BCUT2D eigenvalue weighted by Crippen LogP contribution is 2.27. The molecule has 2 rings (SSSR count). The van der Waals surface area contributed by atoms with Crippen molar-refractivity contribution in [1.29, 1.82) is 0 Å². The number of anilines is 1. The van der Waals surface area contributed by atoms with E-state index in [0.29, 0.717) is 11.6 Å². The van der Waals surface area contributed by atoms with Crippen molar-refractivity contribution in [3.05, 3.63) is 62.3 Å². The van der Waals surface area contributed by atoms with E-state index >= 15 is 0 Å². The van der Waals surface area contributed by atoms with E-state index in [2.05, 4.69) is 4.98 Å². The summed E-state index contributed by atoms with van der Waals surface area (Å²) in [5.41, 5.74) is 0.888. The second kappa shape index (κ2) is 6.07. The van der Waals surface area contributed by atoms with Gasteiger partial charge in [0.15, 0.2) is 0 Å². The first-order valence-electron chi connectivity index (χ1n) is 5.74. The number of pyridine rings is 1. The lowest BCUT2D eigenvalue weighted by molar-refractivity contribution is -0.384. The Morgan fingerprint density at radius 3 is 2.45 bits per heavy atom. The summed E-state index contributed by atoms with van der Waals surface area (Å²) in [6, 6.07) is 10.0. The van der Waals surface area contributed by atoms with Crippen LogP contribution < -0.4 is 4.90 Å². The standard InChI is InChI=1S/C13H11Cl2N3O2/c1-17(8-9-2-4-10(14)5-3-9)13-11(18(19)20)6-7-12(15)16-13/h2-7H,8H2,1H3. The van der Waals surface area contributed by atoms with Gasteiger partial charge in [-0.3, -0.25) is 10.1 Å². The Morgan fingerprint density at radius 1 is 1.20 bits per heavy atom. The van der Waals surface area contributed by atoms with E-state index in [0.717, 1.165) is 5.56 Å². The van der Waals surface area contributed by atoms with Gasteiger partial charge >= 0.3 is 5.69 Å². The average molecular weight is 312 g/mol. The van der Waals surface area contributed by atoms with Crippen molar-refractivity contribution in [3.8, 4) is 0 Å². The van der Waals surface area contributed by atoms with Crippen molar-refractivity contribution in [2.45, 2.75) is 6.54 Å². The normalized spacial score (nSPS) is 10.3. The van der Waals surface area contributed by atoms with Gasteiger partial charge in [0.25, 0.3) is 0 Å². The summed E-state index contributed by atoms with van der Waals surface area (Å²) in [6.07, 6.45) is 0. The highest BCUT2D eigenvalue weighted by atomic mass is 35.5. The summed E-state index contributed by atoms with van der Waals surface area (Å²) in [5.74, 6) is 0.234. The SMILES string of the molecule is CN(Cc1ccc(Cl)cc1)c1nc(Cl)ccc1[N+](=O)[O-]. The number of nitro groups is 1. The molecular formula is C13H11Cl2N3O2. The van der Waals surface area contributed by atoms with Crippen LogP contribution in [-0.2, 0) is 6.54 Å². The Kier molecular flexibility index (Phi) is 4.42. The summed E-state index contributed by atoms with van der Waals surface area (Å²) in [6.45, 7) is 0.464. The quantitative estimate of drug-likeness (QED) is 0.487. The molecule has 1 heterocycles. The van der Waals surface area contributed by atoms with Crippen LogP contribution in [0.4, 0.5) is 11.5 Å². The van der Waals surface area contributed by atoms with Crippen LogP contribution in [0.3, 0.4) is 0 Å². The van der Waals surface area contributed by atoms with Crippen molar-refractivity contribution in [2.75, 3.05) is 11.9 Å². The van der Waals surface area contributed by atoms with Crippen LogP contribution >= 0.6 is 23.2 Å². The van der Waals surface area contributed by atoms with Crippen molar-refractivity contribution in [3.63, 3.8) is 0 Å². The van der Waals surface area contributed by atoms with Crippen LogP contribution in [0.1, 0.15) is 5.56 Å². The fourth-order valence-electron chi connectivity index (χ4n) is 1.78. The first kappa shape index (κ1) is 14.6. The van der Waals surface area contributed by atoms with E-state index in [1.807, 2.05) is 12.1 Å². The minimum absolute atomic E-state index is 0.0779. The van der Waals surface area contributed by atoms with E-state index in [1.165, 1.54) is 12.1 Å². The molecule has 2 aromatic rings. The van der Waals surface area contributed by atoms with Crippen molar-refractivity contribution < 1.29 is 4.92 Å². The van der Waals surface area contributed by atoms with Crippen LogP contribution in [0, 0.1) is 10.1 Å². The van der Waals surface area contributed by atoms with E-state index in [-0.39, 0.29) is 16.7 Å². The third-order valence-corrected chi connectivity index (χ3v) is 3.17. The topological polar surface area (TPSA) is 59.3 Å². The molecule has 0 N–H and O–H groups in total. The fraction of sp³-hybridized carbons (Fsp3) is 0.154. The van der Waals surface area contributed by atoms with Gasteiger partial charge in [-0.25, -0.2) is 4.98 Å². The summed E-state index contributed by atoms with van der Waals surface area (Å²) >= 11 is 11.6. The Labute approximate surface area is 125 Å². The fourth-order valence-corrected chi connectivity index (χ4v) is 2.05. The predicted octanol–water partition coefficient (Wildman–Crippen LogP) is 3.93. The third-order valence-electron chi connectivity index (χ3n) is 2.71. The average Bonchev–Trinajstić information content (AvgIpc) is 2.41. The van der Waals surface area contributed by atoms with Gasteiger partial charge in [-0.05, 0) is 23.8 Å². The zero-order valence-corrected chi connectivity index (χ0v) is 12.1. The predicted molar refractivity (Wildman–Crippen MR) is 79.5 cm³/mol. The molecule has 0 aliphatic heterocycles. The molecule has 0 bridgehead atoms. The summed E-state index contributed by atoms with van der Waals surface area (Å²) in [7, 11) is 1.72. The zero-order chi connectivity index (χ0) is 14.7. The van der Waals surface area contributed by atoms with Gasteiger partial charge in [-0.2, -0.15) is 0 Å². The highest BCUT2D eigenvalue weighted by Gasteiger charge is 2.19. The Balaban J connectivity index is 2.28. The van der Waals surface area contributed by atoms with Gasteiger partial charge in [0.2, 0.25) is 5.82 Å². The van der Waals surface area contributed by atoms with Gasteiger partial charge in [0.05, 0.1) is 4.92 Å². The van der Waals surface area contributed by atoms with Crippen LogP contribution in [-0.4, -0.2) is 17.0 Å². The van der Waals surface area contributed by atoms with Gasteiger partial charge in [-0.15, -0.1) is 0 Å². The van der Waals surface area contributed by atoms with Gasteiger partial charge < -0.3 is 4.90 Å². The molecule has 0 saturated heterocycles. The molecule has 0 atom stereocenters. The molecule has 1 aromatic carbocycles. The number of aromatic nitrogens is 1. The van der Waals surface area contributed by atoms with E-state index in [4.69, 9.17) is 23.2 Å². The zero-order valence-electron chi connectivity index (χ0n) is 10.6. The first-order valence-corrected chi connectivity index (χ1v) is 6.49. The van der Waals surface area contributed by atoms with Crippen LogP contribution in [0.15, 0.2) is 36.4 Å². The minimum Gasteiger partial charge on any atom is -0.350 e. The molecule has 0 saturated carbocycles. The second-order valence-corrected chi connectivity index (χ2v) is 5.04. The lowest BCUT2D eigenvalue weighted by Gasteiger charge is -2.18. The first-order chi connectivity index (χ1) is 9.47. The molecule has 0 radical (unpaired) electrons. The molecule has 0 aliphatic carbocycles. The smallest absolute Gasteiger partial charge is 0.311 e. The number of nitrogens with zero attached hydrogens (tertiary/aromatic N) is 3. The van der Waals surface area contributed by atoms with Crippen LogP contribution in [0.2, 0.25) is 10.2 Å². The van der Waals surface area contributed by atoms with Crippen molar-refractivity contribution in [1.82, 2.24) is 4.98 Å². The molecule has 0 unspecified atom stereocenters. The molecule has 0 aliphatic rings. The minimum atomic E-state index is -0.475. The van der Waals surface area contributed by atoms with Crippen molar-refractivity contribution in [2.24, 2.45) is 0 Å². The lowest BCUT2D eigenvalue weighted by atomic mass is 10.2. The molecule has 0 amide bonds. The van der Waals surface area contributed by atoms with E-state index in [1.54, 1.807) is 24.1 Å². The molecule has 1 aromatic heterocycles. The molecular weight excluding hydrogens is 301 g/mol. The molecule has 20 heavy (non-hydrogen) atoms. The number of halogens is 2. The molecule has 104 valence electrons. The van der Waals surface area contributed by atoms with Crippen LogP contribution in [0.5, 0.6) is 0 Å². The number of hydrogen-bond acceptors (Lipinski definition) is 4. The van der Waals surface area contributed by atoms with Gasteiger partial charge in [0, 0.05) is 24.7 Å². The third kappa shape index (κ3) is 3.37. The summed E-state index contributed by atoms with van der Waals surface area (Å²) in [4.78, 5) is 16.2. The maximum absolute atomic E-state index is 11.0. The van der Waals surface area contributed by atoms with Gasteiger partial charge in [-0.1, -0.05) is 35.3 Å². The molecule has 0 fully saturated rings. The second-order valence-electron chi connectivity index (χ2n) is 4.22. The maximum atomic E-state index is 11.0. The van der Waals surface area contributed by atoms with E-state index < -0.39 is 4.92 Å². The van der Waals surface area contributed by atoms with Gasteiger partial charge in [0.1, 0.15) is 5.15 Å². The Morgan fingerprint density at radius 2 is 1.85 bits per heavy atom. The molecule has 5 nitrogen and oxygen atoms in total. The largest absolute Gasteiger partial charge is 0.350 e. The number of hydrogen-bond donors (Lipinski definition) is 0. The summed E-state index contributed by atoms with van der Waals surface area (Å²) < 4.78 is 0.